The van der Waals surface area contributed by atoms with Gasteiger partial charge in [-0.2, -0.15) is 0 Å². The zero-order chi connectivity index (χ0) is 13.5. The molecule has 1 saturated heterocycles. The predicted molar refractivity (Wildman–Crippen MR) is 64.0 cm³/mol. The molecule has 0 atom stereocenters. The molecule has 7 nitrogen and oxygen atoms in total. The van der Waals surface area contributed by atoms with Crippen LogP contribution in [-0.2, 0) is 9.59 Å². The Morgan fingerprint density at radius 3 is 2.22 bits per heavy atom. The van der Waals surface area contributed by atoms with E-state index in [4.69, 9.17) is 5.11 Å². The number of likely N-dealkylation sites (tertiary alicyclic amines) is 1. The molecule has 0 aromatic heterocycles. The normalized spacial score (nSPS) is 16.2. The van der Waals surface area contributed by atoms with Gasteiger partial charge in [-0.15, -0.1) is 0 Å². The van der Waals surface area contributed by atoms with Gasteiger partial charge in [0, 0.05) is 33.1 Å². The van der Waals surface area contributed by atoms with Crippen molar-refractivity contribution >= 4 is 17.9 Å². The molecular weight excluding hydrogens is 238 g/mol. The summed E-state index contributed by atoms with van der Waals surface area (Å²) in [6.07, 6.45) is 0.989. The van der Waals surface area contributed by atoms with E-state index in [1.54, 1.807) is 4.90 Å². The summed E-state index contributed by atoms with van der Waals surface area (Å²) < 4.78 is 0. The highest BCUT2D eigenvalue weighted by Gasteiger charge is 2.26. The molecule has 18 heavy (non-hydrogen) atoms. The lowest BCUT2D eigenvalue weighted by Crippen LogP contribution is -2.47. The van der Waals surface area contributed by atoms with Crippen molar-refractivity contribution in [3.8, 4) is 0 Å². The molecule has 1 aliphatic heterocycles. The Labute approximate surface area is 106 Å². The molecule has 0 saturated carbocycles. The van der Waals surface area contributed by atoms with Gasteiger partial charge in [-0.3, -0.25) is 9.59 Å². The molecule has 1 heterocycles. The standard InChI is InChI=1S/C11H19N3O4/c1-8(15)12-4-5-13-11(18)14-6-2-9(3-7-14)10(16)17/h9H,2-7H2,1H3,(H,12,15)(H,13,18)(H,16,17). The Bertz CT molecular complexity index is 324. The second kappa shape index (κ2) is 6.83. The van der Waals surface area contributed by atoms with Gasteiger partial charge >= 0.3 is 12.0 Å². The molecule has 102 valence electrons. The Hall–Kier alpha value is -1.79. The summed E-state index contributed by atoms with van der Waals surface area (Å²) >= 11 is 0. The van der Waals surface area contributed by atoms with Crippen LogP contribution in [0.25, 0.3) is 0 Å². The van der Waals surface area contributed by atoms with Gasteiger partial charge in [0.15, 0.2) is 0 Å². The van der Waals surface area contributed by atoms with E-state index in [-0.39, 0.29) is 17.9 Å². The molecule has 0 unspecified atom stereocenters. The van der Waals surface area contributed by atoms with E-state index < -0.39 is 5.97 Å². The van der Waals surface area contributed by atoms with E-state index in [9.17, 15) is 14.4 Å². The lowest BCUT2D eigenvalue weighted by Gasteiger charge is -2.30. The molecule has 3 N–H and O–H groups in total. The number of nitrogens with zero attached hydrogens (tertiary/aromatic N) is 1. The van der Waals surface area contributed by atoms with Gasteiger partial charge in [0.1, 0.15) is 0 Å². The van der Waals surface area contributed by atoms with Crippen LogP contribution in [0, 0.1) is 5.92 Å². The van der Waals surface area contributed by atoms with E-state index in [1.165, 1.54) is 6.92 Å². The van der Waals surface area contributed by atoms with Crippen LogP contribution in [0.3, 0.4) is 0 Å². The van der Waals surface area contributed by atoms with E-state index in [2.05, 4.69) is 10.6 Å². The summed E-state index contributed by atoms with van der Waals surface area (Å²) in [6, 6.07) is -0.204. The minimum Gasteiger partial charge on any atom is -0.481 e. The van der Waals surface area contributed by atoms with Gasteiger partial charge in [0.05, 0.1) is 5.92 Å². The van der Waals surface area contributed by atoms with Gasteiger partial charge in [0.2, 0.25) is 5.91 Å². The maximum Gasteiger partial charge on any atom is 0.317 e. The van der Waals surface area contributed by atoms with Crippen LogP contribution >= 0.6 is 0 Å². The maximum absolute atomic E-state index is 11.7. The Kier molecular flexibility index (Phi) is 5.41. The summed E-state index contributed by atoms with van der Waals surface area (Å²) in [4.78, 5) is 34.6. The fourth-order valence-electron chi connectivity index (χ4n) is 1.85. The van der Waals surface area contributed by atoms with Crippen molar-refractivity contribution in [2.24, 2.45) is 5.92 Å². The molecule has 1 fully saturated rings. The van der Waals surface area contributed by atoms with Crippen LogP contribution in [0.15, 0.2) is 0 Å². The molecule has 0 aliphatic carbocycles. The van der Waals surface area contributed by atoms with Crippen LogP contribution in [0.5, 0.6) is 0 Å². The van der Waals surface area contributed by atoms with E-state index in [0.29, 0.717) is 39.0 Å². The summed E-state index contributed by atoms with van der Waals surface area (Å²) in [5.41, 5.74) is 0. The molecule has 0 bridgehead atoms. The van der Waals surface area contributed by atoms with Gasteiger partial charge in [0.25, 0.3) is 0 Å². The minimum absolute atomic E-state index is 0.133. The largest absolute Gasteiger partial charge is 0.481 e. The summed E-state index contributed by atoms with van der Waals surface area (Å²) in [7, 11) is 0. The number of amides is 3. The maximum atomic E-state index is 11.7. The highest BCUT2D eigenvalue weighted by atomic mass is 16.4. The third kappa shape index (κ3) is 4.60. The predicted octanol–water partition coefficient (Wildman–Crippen LogP) is -0.371. The van der Waals surface area contributed by atoms with Crippen molar-refractivity contribution in [2.75, 3.05) is 26.2 Å². The number of carbonyl (C=O) groups is 3. The Balaban J connectivity index is 2.20. The van der Waals surface area contributed by atoms with Crippen molar-refractivity contribution in [3.05, 3.63) is 0 Å². The van der Waals surface area contributed by atoms with Crippen LogP contribution in [-0.4, -0.2) is 54.1 Å². The number of carboxylic acid groups (broad SMARTS) is 1. The lowest BCUT2D eigenvalue weighted by atomic mass is 9.97. The second-order valence-corrected chi connectivity index (χ2v) is 4.31. The van der Waals surface area contributed by atoms with E-state index in [1.807, 2.05) is 0 Å². The van der Waals surface area contributed by atoms with Crippen LogP contribution in [0.1, 0.15) is 19.8 Å². The number of carboxylic acids is 1. The van der Waals surface area contributed by atoms with Gasteiger partial charge in [-0.25, -0.2) is 4.79 Å². The fraction of sp³-hybridized carbons (Fsp3) is 0.727. The number of carbonyl (C=O) groups excluding carboxylic acids is 2. The Morgan fingerprint density at radius 2 is 1.72 bits per heavy atom. The molecular formula is C11H19N3O4. The lowest BCUT2D eigenvalue weighted by molar-refractivity contribution is -0.143. The number of piperidine rings is 1. The van der Waals surface area contributed by atoms with Crippen molar-refractivity contribution < 1.29 is 19.5 Å². The third-order valence-electron chi connectivity index (χ3n) is 2.91. The molecule has 1 rings (SSSR count). The second-order valence-electron chi connectivity index (χ2n) is 4.31. The molecule has 1 aliphatic rings. The van der Waals surface area contributed by atoms with Crippen LogP contribution < -0.4 is 10.6 Å². The quantitative estimate of drug-likeness (QED) is 0.598. The summed E-state index contributed by atoms with van der Waals surface area (Å²) in [6.45, 7) is 3.11. The molecule has 7 heteroatoms. The summed E-state index contributed by atoms with van der Waals surface area (Å²) in [5.74, 6) is -1.26. The average Bonchev–Trinajstić information content (AvgIpc) is 2.34. The first-order chi connectivity index (χ1) is 8.50. The highest BCUT2D eigenvalue weighted by Crippen LogP contribution is 2.16. The van der Waals surface area contributed by atoms with Crippen molar-refractivity contribution in [1.82, 2.24) is 15.5 Å². The monoisotopic (exact) mass is 257 g/mol. The van der Waals surface area contributed by atoms with Crippen molar-refractivity contribution in [2.45, 2.75) is 19.8 Å². The van der Waals surface area contributed by atoms with Gasteiger partial charge in [-0.05, 0) is 12.8 Å². The zero-order valence-corrected chi connectivity index (χ0v) is 10.4. The average molecular weight is 257 g/mol. The SMILES string of the molecule is CC(=O)NCCNC(=O)N1CCC(C(=O)O)CC1. The van der Waals surface area contributed by atoms with Crippen LogP contribution in [0.2, 0.25) is 0 Å². The zero-order valence-electron chi connectivity index (χ0n) is 10.4. The van der Waals surface area contributed by atoms with Crippen LogP contribution in [0.4, 0.5) is 4.79 Å². The minimum atomic E-state index is -0.791. The topological polar surface area (TPSA) is 98.7 Å². The number of hydrogen-bond donors (Lipinski definition) is 3. The van der Waals surface area contributed by atoms with Gasteiger partial charge < -0.3 is 20.6 Å². The first kappa shape index (κ1) is 14.3. The molecule has 0 spiro atoms. The molecule has 3 amide bonds. The number of hydrogen-bond acceptors (Lipinski definition) is 3. The number of rotatable bonds is 4. The fourth-order valence-corrected chi connectivity index (χ4v) is 1.85. The Morgan fingerprint density at radius 1 is 1.17 bits per heavy atom. The molecule has 0 radical (unpaired) electrons. The first-order valence-electron chi connectivity index (χ1n) is 6.00. The summed E-state index contributed by atoms with van der Waals surface area (Å²) in [5, 5.41) is 14.1. The van der Waals surface area contributed by atoms with E-state index in [0.717, 1.165) is 0 Å². The number of nitrogens with one attached hydrogen (secondary N) is 2. The van der Waals surface area contributed by atoms with Gasteiger partial charge in [-0.1, -0.05) is 0 Å². The van der Waals surface area contributed by atoms with E-state index >= 15 is 0 Å². The molecule has 0 aromatic rings. The highest BCUT2D eigenvalue weighted by molar-refractivity contribution is 5.75. The number of aliphatic carboxylic acids is 1. The molecule has 0 aromatic carbocycles. The van der Waals surface area contributed by atoms with Crippen molar-refractivity contribution in [3.63, 3.8) is 0 Å². The van der Waals surface area contributed by atoms with Crippen molar-refractivity contribution in [1.29, 1.82) is 0 Å². The first-order valence-corrected chi connectivity index (χ1v) is 6.00. The number of urea groups is 1. The third-order valence-corrected chi connectivity index (χ3v) is 2.91. The smallest absolute Gasteiger partial charge is 0.317 e.